The molecule has 0 bridgehead atoms. The van der Waals surface area contributed by atoms with Gasteiger partial charge in [-0.05, 0) is 55.3 Å². The second-order valence-electron chi connectivity index (χ2n) is 5.67. The zero-order valence-corrected chi connectivity index (χ0v) is 13.9. The van der Waals surface area contributed by atoms with Crippen LogP contribution in [0.5, 0.6) is 11.6 Å². The van der Waals surface area contributed by atoms with Gasteiger partial charge in [0.2, 0.25) is 5.88 Å². The molecule has 5 heteroatoms. The maximum atomic E-state index is 13.1. The van der Waals surface area contributed by atoms with E-state index >= 15 is 0 Å². The largest absolute Gasteiger partial charge is 0.439 e. The first-order chi connectivity index (χ1) is 12.0. The smallest absolute Gasteiger partial charge is 0.255 e. The van der Waals surface area contributed by atoms with Gasteiger partial charge >= 0.3 is 0 Å². The van der Waals surface area contributed by atoms with E-state index in [9.17, 15) is 9.18 Å². The Balaban J connectivity index is 1.70. The summed E-state index contributed by atoms with van der Waals surface area (Å²) in [5, 5.41) is 2.80. The van der Waals surface area contributed by atoms with E-state index in [2.05, 4.69) is 10.3 Å². The summed E-state index contributed by atoms with van der Waals surface area (Å²) >= 11 is 0. The molecule has 0 fully saturated rings. The van der Waals surface area contributed by atoms with Crippen LogP contribution in [0.2, 0.25) is 0 Å². The summed E-state index contributed by atoms with van der Waals surface area (Å²) in [6.45, 7) is 3.64. The maximum absolute atomic E-state index is 13.1. The lowest BCUT2D eigenvalue weighted by molar-refractivity contribution is 0.102. The van der Waals surface area contributed by atoms with Crippen LogP contribution in [-0.2, 0) is 0 Å². The third kappa shape index (κ3) is 4.01. The number of carbonyl (C=O) groups is 1. The number of nitrogens with zero attached hydrogens (tertiary/aromatic N) is 1. The summed E-state index contributed by atoms with van der Waals surface area (Å²) in [7, 11) is 0. The van der Waals surface area contributed by atoms with E-state index < -0.39 is 0 Å². The Kier molecular flexibility index (Phi) is 4.75. The molecule has 0 spiro atoms. The van der Waals surface area contributed by atoms with Gasteiger partial charge in [-0.1, -0.05) is 18.2 Å². The number of nitrogens with one attached hydrogen (secondary N) is 1. The van der Waals surface area contributed by atoms with Gasteiger partial charge in [-0.3, -0.25) is 4.79 Å². The first kappa shape index (κ1) is 16.6. The highest BCUT2D eigenvalue weighted by Crippen LogP contribution is 2.24. The van der Waals surface area contributed by atoms with Crippen LogP contribution in [0.3, 0.4) is 0 Å². The predicted molar refractivity (Wildman–Crippen MR) is 94.6 cm³/mol. The van der Waals surface area contributed by atoms with Gasteiger partial charge in [0, 0.05) is 11.6 Å². The standard InChI is InChI=1S/C20H17FN2O2/c1-13-5-3-4-6-17(13)20(24)23-16-8-10-19(22-12-16)25-18-9-7-15(21)11-14(18)2/h3-12H,1-2H3,(H,23,24). The van der Waals surface area contributed by atoms with Crippen molar-refractivity contribution in [2.45, 2.75) is 13.8 Å². The van der Waals surface area contributed by atoms with Crippen LogP contribution in [0.25, 0.3) is 0 Å². The topological polar surface area (TPSA) is 51.2 Å². The molecule has 0 saturated heterocycles. The molecule has 0 radical (unpaired) electrons. The molecule has 3 aromatic rings. The molecule has 2 aromatic carbocycles. The number of benzene rings is 2. The molecule has 1 N–H and O–H groups in total. The number of aryl methyl sites for hydroxylation is 2. The predicted octanol–water partition coefficient (Wildman–Crippen LogP) is 4.88. The maximum Gasteiger partial charge on any atom is 0.255 e. The SMILES string of the molecule is Cc1cc(F)ccc1Oc1ccc(NC(=O)c2ccccc2C)cn1. The summed E-state index contributed by atoms with van der Waals surface area (Å²) in [5.41, 5.74) is 2.76. The van der Waals surface area contributed by atoms with E-state index in [0.29, 0.717) is 28.4 Å². The molecule has 126 valence electrons. The van der Waals surface area contributed by atoms with Gasteiger partial charge in [0.15, 0.2) is 0 Å². The number of ether oxygens (including phenoxy) is 1. The van der Waals surface area contributed by atoms with Crippen molar-refractivity contribution in [2.75, 3.05) is 5.32 Å². The Morgan fingerprint density at radius 2 is 1.84 bits per heavy atom. The molecule has 3 rings (SSSR count). The van der Waals surface area contributed by atoms with Gasteiger partial charge in [0.25, 0.3) is 5.91 Å². The molecule has 25 heavy (non-hydrogen) atoms. The minimum atomic E-state index is -0.313. The zero-order chi connectivity index (χ0) is 17.8. The second-order valence-corrected chi connectivity index (χ2v) is 5.67. The van der Waals surface area contributed by atoms with Crippen molar-refractivity contribution < 1.29 is 13.9 Å². The molecular formula is C20H17FN2O2. The number of amides is 1. The number of anilines is 1. The summed E-state index contributed by atoms with van der Waals surface area (Å²) in [6.07, 6.45) is 1.52. The van der Waals surface area contributed by atoms with E-state index in [4.69, 9.17) is 4.74 Å². The molecule has 1 heterocycles. The molecule has 1 amide bonds. The molecule has 1 aromatic heterocycles. The molecule has 0 aliphatic carbocycles. The van der Waals surface area contributed by atoms with Crippen molar-refractivity contribution in [1.29, 1.82) is 0 Å². The van der Waals surface area contributed by atoms with Gasteiger partial charge in [-0.2, -0.15) is 0 Å². The highest BCUT2D eigenvalue weighted by molar-refractivity contribution is 6.05. The Morgan fingerprint density at radius 3 is 2.52 bits per heavy atom. The number of pyridine rings is 1. The van der Waals surface area contributed by atoms with E-state index in [1.807, 2.05) is 25.1 Å². The number of carbonyl (C=O) groups excluding carboxylic acids is 1. The van der Waals surface area contributed by atoms with Crippen LogP contribution in [0.1, 0.15) is 21.5 Å². The molecule has 0 aliphatic rings. The van der Waals surface area contributed by atoms with Gasteiger partial charge < -0.3 is 10.1 Å². The van der Waals surface area contributed by atoms with E-state index in [1.165, 1.54) is 18.3 Å². The van der Waals surface area contributed by atoms with E-state index in [-0.39, 0.29) is 11.7 Å². The molecule has 0 atom stereocenters. The summed E-state index contributed by atoms with van der Waals surface area (Å²) < 4.78 is 18.8. The third-order valence-electron chi connectivity index (χ3n) is 3.74. The monoisotopic (exact) mass is 336 g/mol. The van der Waals surface area contributed by atoms with Gasteiger partial charge in [0.05, 0.1) is 11.9 Å². The van der Waals surface area contributed by atoms with Gasteiger partial charge in [-0.25, -0.2) is 9.37 Å². The Hall–Kier alpha value is -3.21. The van der Waals surface area contributed by atoms with E-state index in [1.54, 1.807) is 31.2 Å². The number of rotatable bonds is 4. The Labute approximate surface area is 145 Å². The van der Waals surface area contributed by atoms with Crippen LogP contribution in [-0.4, -0.2) is 10.9 Å². The van der Waals surface area contributed by atoms with Crippen LogP contribution < -0.4 is 10.1 Å². The summed E-state index contributed by atoms with van der Waals surface area (Å²) in [4.78, 5) is 16.5. The fraction of sp³-hybridized carbons (Fsp3) is 0.100. The first-order valence-corrected chi connectivity index (χ1v) is 7.80. The third-order valence-corrected chi connectivity index (χ3v) is 3.74. The number of aromatic nitrogens is 1. The van der Waals surface area contributed by atoms with Crippen molar-refractivity contribution in [3.8, 4) is 11.6 Å². The van der Waals surface area contributed by atoms with Gasteiger partial charge in [-0.15, -0.1) is 0 Å². The summed E-state index contributed by atoms with van der Waals surface area (Å²) in [6, 6.07) is 15.0. The summed E-state index contributed by atoms with van der Waals surface area (Å²) in [5.74, 6) is 0.393. The number of hydrogen-bond donors (Lipinski definition) is 1. The van der Waals surface area contributed by atoms with Crippen molar-refractivity contribution in [3.63, 3.8) is 0 Å². The van der Waals surface area contributed by atoms with Crippen LogP contribution in [0, 0.1) is 19.7 Å². The number of halogens is 1. The van der Waals surface area contributed by atoms with Gasteiger partial charge in [0.1, 0.15) is 11.6 Å². The number of hydrogen-bond acceptors (Lipinski definition) is 3. The molecule has 0 unspecified atom stereocenters. The fourth-order valence-electron chi connectivity index (χ4n) is 2.38. The van der Waals surface area contributed by atoms with Crippen molar-refractivity contribution in [2.24, 2.45) is 0 Å². The molecular weight excluding hydrogens is 319 g/mol. The van der Waals surface area contributed by atoms with Crippen molar-refractivity contribution >= 4 is 11.6 Å². The normalized spacial score (nSPS) is 10.4. The minimum absolute atomic E-state index is 0.192. The first-order valence-electron chi connectivity index (χ1n) is 7.80. The van der Waals surface area contributed by atoms with Crippen LogP contribution >= 0.6 is 0 Å². The fourth-order valence-corrected chi connectivity index (χ4v) is 2.38. The minimum Gasteiger partial charge on any atom is -0.439 e. The Bertz CT molecular complexity index is 908. The van der Waals surface area contributed by atoms with Crippen LogP contribution in [0.4, 0.5) is 10.1 Å². The lowest BCUT2D eigenvalue weighted by atomic mass is 10.1. The lowest BCUT2D eigenvalue weighted by Gasteiger charge is -2.10. The van der Waals surface area contributed by atoms with Crippen molar-refractivity contribution in [3.05, 3.63) is 83.3 Å². The van der Waals surface area contributed by atoms with Crippen molar-refractivity contribution in [1.82, 2.24) is 4.98 Å². The van der Waals surface area contributed by atoms with E-state index in [0.717, 1.165) is 5.56 Å². The second kappa shape index (κ2) is 7.13. The molecule has 0 saturated carbocycles. The average Bonchev–Trinajstić information content (AvgIpc) is 2.59. The highest BCUT2D eigenvalue weighted by atomic mass is 19.1. The lowest BCUT2D eigenvalue weighted by Crippen LogP contribution is -2.13. The average molecular weight is 336 g/mol. The molecule has 0 aliphatic heterocycles. The Morgan fingerprint density at radius 1 is 1.04 bits per heavy atom. The highest BCUT2D eigenvalue weighted by Gasteiger charge is 2.09. The van der Waals surface area contributed by atoms with Crippen LogP contribution in [0.15, 0.2) is 60.8 Å². The quantitative estimate of drug-likeness (QED) is 0.738. The zero-order valence-electron chi connectivity index (χ0n) is 13.9. The molecule has 4 nitrogen and oxygen atoms in total.